The number of hydrogen-bond donors (Lipinski definition) is 1. The van der Waals surface area contributed by atoms with E-state index in [1.807, 2.05) is 51.1 Å². The van der Waals surface area contributed by atoms with Crippen molar-refractivity contribution in [3.8, 4) is 0 Å². The van der Waals surface area contributed by atoms with Gasteiger partial charge in [0.25, 0.3) is 5.91 Å². The lowest BCUT2D eigenvalue weighted by Crippen LogP contribution is -2.52. The van der Waals surface area contributed by atoms with E-state index in [0.29, 0.717) is 39.1 Å². The minimum Gasteiger partial charge on any atom is -0.444 e. The molecule has 4 amide bonds. The van der Waals surface area contributed by atoms with E-state index in [1.54, 1.807) is 9.80 Å². The summed E-state index contributed by atoms with van der Waals surface area (Å²) in [5.41, 5.74) is 2.94. The van der Waals surface area contributed by atoms with Crippen LogP contribution in [0.15, 0.2) is 30.3 Å². The Kier molecular flexibility index (Phi) is 7.27. The average Bonchev–Trinajstić information content (AvgIpc) is 3.05. The van der Waals surface area contributed by atoms with Crippen LogP contribution in [-0.2, 0) is 25.8 Å². The van der Waals surface area contributed by atoms with Crippen LogP contribution < -0.4 is 5.48 Å². The van der Waals surface area contributed by atoms with Crippen molar-refractivity contribution in [2.24, 2.45) is 0 Å². The van der Waals surface area contributed by atoms with Gasteiger partial charge in [0, 0.05) is 13.1 Å². The highest BCUT2D eigenvalue weighted by Gasteiger charge is 2.48. The molecule has 186 valence electrons. The lowest BCUT2D eigenvalue weighted by molar-refractivity contribution is -0.146. The summed E-state index contributed by atoms with van der Waals surface area (Å²) in [5.74, 6) is -0.355. The van der Waals surface area contributed by atoms with Crippen LogP contribution in [0.3, 0.4) is 0 Å². The predicted octanol–water partition coefficient (Wildman–Crippen LogP) is 2.83. The molecule has 34 heavy (non-hydrogen) atoms. The summed E-state index contributed by atoms with van der Waals surface area (Å²) >= 11 is 0. The van der Waals surface area contributed by atoms with Gasteiger partial charge in [-0.1, -0.05) is 30.3 Å². The van der Waals surface area contributed by atoms with Gasteiger partial charge in [0.05, 0.1) is 12.6 Å². The van der Waals surface area contributed by atoms with Gasteiger partial charge in [0.2, 0.25) is 0 Å². The normalized spacial score (nSPS) is 24.9. The maximum absolute atomic E-state index is 12.9. The first-order chi connectivity index (χ1) is 16.2. The number of carbonyl (C=O) groups is 3. The number of benzene rings is 1. The molecule has 10 nitrogen and oxygen atoms in total. The summed E-state index contributed by atoms with van der Waals surface area (Å²) in [7, 11) is 0. The van der Waals surface area contributed by atoms with Gasteiger partial charge in [0.1, 0.15) is 24.4 Å². The maximum atomic E-state index is 12.9. The van der Waals surface area contributed by atoms with Gasteiger partial charge >= 0.3 is 12.1 Å². The van der Waals surface area contributed by atoms with Crippen molar-refractivity contribution in [1.29, 1.82) is 0 Å². The van der Waals surface area contributed by atoms with E-state index in [2.05, 4.69) is 5.48 Å². The van der Waals surface area contributed by atoms with Crippen LogP contribution in [0.25, 0.3) is 0 Å². The number of nitrogens with zero attached hydrogens (tertiary/aromatic N) is 3. The van der Waals surface area contributed by atoms with Crippen molar-refractivity contribution in [3.05, 3.63) is 35.9 Å². The van der Waals surface area contributed by atoms with Gasteiger partial charge in [-0.25, -0.2) is 15.1 Å². The number of carbonyl (C=O) groups excluding carboxylic acids is 3. The van der Waals surface area contributed by atoms with Crippen molar-refractivity contribution in [2.45, 2.75) is 76.9 Å². The van der Waals surface area contributed by atoms with E-state index < -0.39 is 11.6 Å². The number of piperidine rings is 2. The molecule has 3 aliphatic rings. The molecule has 4 rings (SSSR count). The maximum Gasteiger partial charge on any atom is 0.410 e. The fourth-order valence-electron chi connectivity index (χ4n) is 4.52. The predicted molar refractivity (Wildman–Crippen MR) is 122 cm³/mol. The van der Waals surface area contributed by atoms with Crippen LogP contribution in [0, 0.1) is 0 Å². The fourth-order valence-corrected chi connectivity index (χ4v) is 4.52. The Morgan fingerprint density at radius 3 is 2.59 bits per heavy atom. The van der Waals surface area contributed by atoms with E-state index in [9.17, 15) is 14.4 Å². The van der Waals surface area contributed by atoms with Gasteiger partial charge in [-0.05, 0) is 52.0 Å². The van der Waals surface area contributed by atoms with E-state index in [0.717, 1.165) is 18.4 Å². The molecular formula is C24H34N4O6. The number of amides is 4. The molecule has 1 aromatic carbocycles. The molecular weight excluding hydrogens is 440 g/mol. The second-order valence-corrected chi connectivity index (χ2v) is 10.0. The SMILES string of the molecule is CC(C)(C)OC(=O)N1CCCC(ONC(=O)[C@@H]2CCC3CN2C(=O)N3OCc2ccccc2)C1. The van der Waals surface area contributed by atoms with Crippen LogP contribution in [-0.4, -0.2) is 76.3 Å². The average molecular weight is 475 g/mol. The number of urea groups is 1. The van der Waals surface area contributed by atoms with E-state index in [-0.39, 0.29) is 30.2 Å². The highest BCUT2D eigenvalue weighted by Crippen LogP contribution is 2.30. The van der Waals surface area contributed by atoms with Gasteiger partial charge in [-0.15, -0.1) is 0 Å². The van der Waals surface area contributed by atoms with Crippen LogP contribution in [0.5, 0.6) is 0 Å². The van der Waals surface area contributed by atoms with Crippen LogP contribution in [0.4, 0.5) is 9.59 Å². The third-order valence-corrected chi connectivity index (χ3v) is 6.19. The number of rotatable bonds is 6. The number of ether oxygens (including phenoxy) is 1. The Hall–Kier alpha value is -2.85. The van der Waals surface area contributed by atoms with Crippen molar-refractivity contribution in [3.63, 3.8) is 0 Å². The molecule has 0 spiro atoms. The van der Waals surface area contributed by atoms with Gasteiger partial charge < -0.3 is 14.5 Å². The Balaban J connectivity index is 1.26. The van der Waals surface area contributed by atoms with Crippen molar-refractivity contribution >= 4 is 18.0 Å². The molecule has 10 heteroatoms. The Bertz CT molecular complexity index is 889. The van der Waals surface area contributed by atoms with Crippen molar-refractivity contribution in [1.82, 2.24) is 20.3 Å². The largest absolute Gasteiger partial charge is 0.444 e. The molecule has 0 aromatic heterocycles. The zero-order valence-electron chi connectivity index (χ0n) is 20.1. The Morgan fingerprint density at radius 1 is 1.09 bits per heavy atom. The summed E-state index contributed by atoms with van der Waals surface area (Å²) in [6.45, 7) is 7.15. The van der Waals surface area contributed by atoms with Crippen LogP contribution >= 0.6 is 0 Å². The molecule has 3 heterocycles. The van der Waals surface area contributed by atoms with Crippen molar-refractivity contribution < 1.29 is 28.8 Å². The second-order valence-electron chi connectivity index (χ2n) is 10.0. The van der Waals surface area contributed by atoms with E-state index in [1.165, 1.54) is 5.06 Å². The number of hydroxylamine groups is 3. The monoisotopic (exact) mass is 474 g/mol. The summed E-state index contributed by atoms with van der Waals surface area (Å²) in [6.07, 6.45) is 1.96. The first kappa shape index (κ1) is 24.3. The molecule has 3 aliphatic heterocycles. The topological polar surface area (TPSA) is 101 Å². The molecule has 2 unspecified atom stereocenters. The zero-order valence-corrected chi connectivity index (χ0v) is 20.1. The van der Waals surface area contributed by atoms with Gasteiger partial charge in [-0.3, -0.25) is 14.5 Å². The minimum atomic E-state index is -0.611. The summed E-state index contributed by atoms with van der Waals surface area (Å²) in [6, 6.07) is 8.67. The number of nitrogens with one attached hydrogen (secondary N) is 1. The summed E-state index contributed by atoms with van der Waals surface area (Å²) in [5, 5.41) is 1.40. The quantitative estimate of drug-likeness (QED) is 0.637. The summed E-state index contributed by atoms with van der Waals surface area (Å²) < 4.78 is 5.43. The zero-order chi connectivity index (χ0) is 24.3. The molecule has 3 saturated heterocycles. The number of fused-ring (bicyclic) bond motifs is 2. The molecule has 3 fully saturated rings. The lowest BCUT2D eigenvalue weighted by Gasteiger charge is -2.34. The molecule has 1 aromatic rings. The third-order valence-electron chi connectivity index (χ3n) is 6.19. The standard InChI is InChI=1S/C24H34N4O6/c1-24(2,3)33-23(31)26-13-7-10-19(15-26)34-25-21(29)20-12-11-18-14-27(20)22(30)28(18)32-16-17-8-5-4-6-9-17/h4-6,8-9,18-20H,7,10-16H2,1-3H3,(H,25,29)/t18?,19?,20-/m0/s1. The van der Waals surface area contributed by atoms with Crippen LogP contribution in [0.1, 0.15) is 52.0 Å². The first-order valence-corrected chi connectivity index (χ1v) is 11.9. The molecule has 2 bridgehead atoms. The lowest BCUT2D eigenvalue weighted by atomic mass is 10.0. The minimum absolute atomic E-state index is 0.0677. The fraction of sp³-hybridized carbons (Fsp3) is 0.625. The summed E-state index contributed by atoms with van der Waals surface area (Å²) in [4.78, 5) is 52.7. The Labute approximate surface area is 200 Å². The second kappa shape index (κ2) is 10.2. The van der Waals surface area contributed by atoms with Crippen LogP contribution in [0.2, 0.25) is 0 Å². The van der Waals surface area contributed by atoms with E-state index >= 15 is 0 Å². The molecule has 0 saturated carbocycles. The molecule has 0 aliphatic carbocycles. The molecule has 1 N–H and O–H groups in total. The Morgan fingerprint density at radius 2 is 1.85 bits per heavy atom. The van der Waals surface area contributed by atoms with Crippen molar-refractivity contribution in [2.75, 3.05) is 19.6 Å². The van der Waals surface area contributed by atoms with Gasteiger partial charge in [-0.2, -0.15) is 5.06 Å². The number of hydrogen-bond acceptors (Lipinski definition) is 6. The smallest absolute Gasteiger partial charge is 0.410 e. The van der Waals surface area contributed by atoms with Gasteiger partial charge in [0.15, 0.2) is 0 Å². The molecule has 3 atom stereocenters. The highest BCUT2D eigenvalue weighted by atomic mass is 16.7. The first-order valence-electron chi connectivity index (χ1n) is 11.9. The third kappa shape index (κ3) is 5.79. The highest BCUT2D eigenvalue weighted by molar-refractivity contribution is 5.88. The molecule has 0 radical (unpaired) electrons. The number of likely N-dealkylation sites (tertiary alicyclic amines) is 1. The van der Waals surface area contributed by atoms with E-state index in [4.69, 9.17) is 14.4 Å².